The fraction of sp³-hybridized carbons (Fsp3) is 0.619. The van der Waals surface area contributed by atoms with Gasteiger partial charge in [-0.15, -0.1) is 24.0 Å². The summed E-state index contributed by atoms with van der Waals surface area (Å²) in [6, 6.07) is 8.37. The molecule has 1 saturated heterocycles. The van der Waals surface area contributed by atoms with Crippen LogP contribution >= 0.6 is 24.0 Å². The maximum Gasteiger partial charge on any atom is 0.220 e. The fourth-order valence-electron chi connectivity index (χ4n) is 3.40. The maximum absolute atomic E-state index is 11.2. The van der Waals surface area contributed by atoms with Crippen LogP contribution in [-0.4, -0.2) is 49.5 Å². The number of amides is 1. The maximum atomic E-state index is 11.2. The van der Waals surface area contributed by atoms with Crippen molar-refractivity contribution in [3.8, 4) is 0 Å². The zero-order valence-electron chi connectivity index (χ0n) is 17.2. The molecule has 0 aromatic heterocycles. The van der Waals surface area contributed by atoms with E-state index < -0.39 is 0 Å². The van der Waals surface area contributed by atoms with E-state index in [0.717, 1.165) is 64.4 Å². The van der Waals surface area contributed by atoms with E-state index in [1.54, 1.807) is 0 Å². The summed E-state index contributed by atoms with van der Waals surface area (Å²) in [6.45, 7) is 9.73. The number of nitrogens with one attached hydrogen (secondary N) is 2. The molecule has 6 nitrogen and oxygen atoms in total. The lowest BCUT2D eigenvalue weighted by molar-refractivity contribution is -0.123. The number of aryl methyl sites for hydroxylation is 1. The van der Waals surface area contributed by atoms with Crippen molar-refractivity contribution < 1.29 is 4.79 Å². The van der Waals surface area contributed by atoms with Crippen LogP contribution in [0.25, 0.3) is 0 Å². The molecule has 1 amide bonds. The van der Waals surface area contributed by atoms with Crippen molar-refractivity contribution in [3.05, 3.63) is 35.4 Å². The Hall–Kier alpha value is -1.35. The fourth-order valence-corrected chi connectivity index (χ4v) is 3.40. The molecule has 0 aliphatic carbocycles. The van der Waals surface area contributed by atoms with E-state index in [4.69, 9.17) is 10.7 Å². The van der Waals surface area contributed by atoms with Crippen molar-refractivity contribution in [1.82, 2.24) is 15.5 Å². The number of likely N-dealkylation sites (tertiary alicyclic amines) is 1. The van der Waals surface area contributed by atoms with E-state index in [9.17, 15) is 4.79 Å². The molecule has 0 spiro atoms. The van der Waals surface area contributed by atoms with E-state index in [1.165, 1.54) is 11.1 Å². The summed E-state index contributed by atoms with van der Waals surface area (Å²) >= 11 is 0. The van der Waals surface area contributed by atoms with Crippen molar-refractivity contribution >= 4 is 35.8 Å². The van der Waals surface area contributed by atoms with Crippen LogP contribution < -0.4 is 16.4 Å². The van der Waals surface area contributed by atoms with Gasteiger partial charge < -0.3 is 21.3 Å². The molecule has 2 rings (SSSR count). The van der Waals surface area contributed by atoms with Gasteiger partial charge in [0.1, 0.15) is 0 Å². The summed E-state index contributed by atoms with van der Waals surface area (Å²) in [5.41, 5.74) is 7.93. The Morgan fingerprint density at radius 3 is 2.57 bits per heavy atom. The lowest BCUT2D eigenvalue weighted by Gasteiger charge is -2.30. The summed E-state index contributed by atoms with van der Waals surface area (Å²) < 4.78 is 0. The van der Waals surface area contributed by atoms with Crippen LogP contribution in [0.15, 0.2) is 29.3 Å². The minimum absolute atomic E-state index is 0. The Labute approximate surface area is 186 Å². The van der Waals surface area contributed by atoms with Gasteiger partial charge in [-0.2, -0.15) is 0 Å². The van der Waals surface area contributed by atoms with Crippen molar-refractivity contribution in [2.45, 2.75) is 46.1 Å². The molecule has 7 heteroatoms. The number of hydrogen-bond donors (Lipinski definition) is 3. The number of nitrogens with zero attached hydrogens (tertiary/aromatic N) is 2. The molecule has 158 valence electrons. The van der Waals surface area contributed by atoms with Gasteiger partial charge in [0.15, 0.2) is 5.96 Å². The summed E-state index contributed by atoms with van der Waals surface area (Å²) in [6.07, 6.45) is 4.06. The monoisotopic (exact) mass is 501 g/mol. The number of benzene rings is 1. The first-order valence-corrected chi connectivity index (χ1v) is 10.2. The summed E-state index contributed by atoms with van der Waals surface area (Å²) in [7, 11) is 0. The first kappa shape index (κ1) is 24.7. The van der Waals surface area contributed by atoms with Gasteiger partial charge in [0.2, 0.25) is 5.91 Å². The number of unbranched alkanes of at least 4 members (excludes halogenated alkanes) is 1. The third-order valence-corrected chi connectivity index (χ3v) is 5.20. The molecule has 0 radical (unpaired) electrons. The van der Waals surface area contributed by atoms with Crippen LogP contribution in [0.1, 0.15) is 43.7 Å². The average Bonchev–Trinajstić information content (AvgIpc) is 2.67. The van der Waals surface area contributed by atoms with E-state index in [-0.39, 0.29) is 35.8 Å². The summed E-state index contributed by atoms with van der Waals surface area (Å²) in [4.78, 5) is 18.4. The third-order valence-electron chi connectivity index (χ3n) is 5.20. The zero-order valence-corrected chi connectivity index (χ0v) is 19.6. The summed E-state index contributed by atoms with van der Waals surface area (Å²) in [5, 5.41) is 6.74. The molecule has 1 aromatic carbocycles. The number of piperidine rings is 1. The molecule has 1 fully saturated rings. The Morgan fingerprint density at radius 1 is 1.21 bits per heavy atom. The molecule has 1 aliphatic heterocycles. The highest BCUT2D eigenvalue weighted by molar-refractivity contribution is 14.0. The van der Waals surface area contributed by atoms with Crippen LogP contribution in [0.3, 0.4) is 0 Å². The average molecular weight is 501 g/mol. The Kier molecular flexibility index (Phi) is 12.1. The predicted octanol–water partition coefficient (Wildman–Crippen LogP) is 2.65. The van der Waals surface area contributed by atoms with Crippen LogP contribution in [0.2, 0.25) is 0 Å². The lowest BCUT2D eigenvalue weighted by Crippen LogP contribution is -2.39. The Morgan fingerprint density at radius 2 is 1.93 bits per heavy atom. The molecular weight excluding hydrogens is 465 g/mol. The minimum atomic E-state index is -0.139. The van der Waals surface area contributed by atoms with E-state index >= 15 is 0 Å². The summed E-state index contributed by atoms with van der Waals surface area (Å²) in [5.74, 6) is 0.817. The molecule has 0 bridgehead atoms. The van der Waals surface area contributed by atoms with Gasteiger partial charge in [-0.1, -0.05) is 24.3 Å². The molecule has 28 heavy (non-hydrogen) atoms. The van der Waals surface area contributed by atoms with Crippen LogP contribution in [0.4, 0.5) is 0 Å². The number of carbonyl (C=O) groups excluding carboxylic acids is 1. The minimum Gasteiger partial charge on any atom is -0.369 e. The molecule has 0 saturated carbocycles. The topological polar surface area (TPSA) is 82.8 Å². The SMILES string of the molecule is CCNC(=NCc1ccccc1C)NCCCCN1CCC(C(N)=O)CC1.I. The van der Waals surface area contributed by atoms with Gasteiger partial charge in [-0.05, 0) is 70.3 Å². The van der Waals surface area contributed by atoms with E-state index in [0.29, 0.717) is 6.54 Å². The van der Waals surface area contributed by atoms with Crippen molar-refractivity contribution in [3.63, 3.8) is 0 Å². The number of hydrogen-bond acceptors (Lipinski definition) is 3. The van der Waals surface area contributed by atoms with Gasteiger partial charge in [0.25, 0.3) is 0 Å². The van der Waals surface area contributed by atoms with Crippen LogP contribution in [-0.2, 0) is 11.3 Å². The van der Waals surface area contributed by atoms with E-state index in [1.807, 2.05) is 0 Å². The largest absolute Gasteiger partial charge is 0.369 e. The zero-order chi connectivity index (χ0) is 19.5. The third kappa shape index (κ3) is 8.77. The second-order valence-electron chi connectivity index (χ2n) is 7.27. The Balaban J connectivity index is 0.00000392. The second-order valence-corrected chi connectivity index (χ2v) is 7.27. The quantitative estimate of drug-likeness (QED) is 0.210. The van der Waals surface area contributed by atoms with Crippen LogP contribution in [0, 0.1) is 12.8 Å². The highest BCUT2D eigenvalue weighted by atomic mass is 127. The smallest absolute Gasteiger partial charge is 0.220 e. The first-order valence-electron chi connectivity index (χ1n) is 10.2. The number of guanidine groups is 1. The molecule has 1 aliphatic rings. The number of rotatable bonds is 9. The molecule has 4 N–H and O–H groups in total. The number of nitrogens with two attached hydrogens (primary N) is 1. The van der Waals surface area contributed by atoms with Gasteiger partial charge in [0, 0.05) is 19.0 Å². The number of carbonyl (C=O) groups is 1. The first-order chi connectivity index (χ1) is 13.1. The van der Waals surface area contributed by atoms with Gasteiger partial charge in [0.05, 0.1) is 6.54 Å². The molecular formula is C21H36IN5O. The Bertz CT molecular complexity index is 615. The van der Waals surface area contributed by atoms with Crippen molar-refractivity contribution in [2.24, 2.45) is 16.6 Å². The highest BCUT2D eigenvalue weighted by Crippen LogP contribution is 2.16. The highest BCUT2D eigenvalue weighted by Gasteiger charge is 2.22. The number of aliphatic imine (C=N–C) groups is 1. The van der Waals surface area contributed by atoms with Crippen molar-refractivity contribution in [2.75, 3.05) is 32.7 Å². The normalized spacial score (nSPS) is 15.7. The van der Waals surface area contributed by atoms with E-state index in [2.05, 4.69) is 53.6 Å². The van der Waals surface area contributed by atoms with Crippen molar-refractivity contribution in [1.29, 1.82) is 0 Å². The standard InChI is InChI=1S/C21H35N5O.HI/c1-3-23-21(25-16-19-9-5-4-8-17(19)2)24-12-6-7-13-26-14-10-18(11-15-26)20(22)27;/h4-5,8-9,18H,3,6-7,10-16H2,1-2H3,(H2,22,27)(H2,23,24,25);1H. The second kappa shape index (κ2) is 13.8. The lowest BCUT2D eigenvalue weighted by atomic mass is 9.96. The van der Waals surface area contributed by atoms with Gasteiger partial charge in [-0.25, -0.2) is 4.99 Å². The predicted molar refractivity (Wildman–Crippen MR) is 127 cm³/mol. The molecule has 1 aromatic rings. The molecule has 1 heterocycles. The van der Waals surface area contributed by atoms with Crippen LogP contribution in [0.5, 0.6) is 0 Å². The van der Waals surface area contributed by atoms with Gasteiger partial charge >= 0.3 is 0 Å². The number of primary amides is 1. The van der Waals surface area contributed by atoms with Gasteiger partial charge in [-0.3, -0.25) is 4.79 Å². The molecule has 0 unspecified atom stereocenters. The molecule has 0 atom stereocenters. The number of halogens is 1.